The molecule has 0 amide bonds. The lowest BCUT2D eigenvalue weighted by molar-refractivity contribution is 0.410. The van der Waals surface area contributed by atoms with Gasteiger partial charge in [-0.25, -0.2) is 8.42 Å². The van der Waals surface area contributed by atoms with Gasteiger partial charge in [-0.1, -0.05) is 0 Å². The van der Waals surface area contributed by atoms with Crippen molar-refractivity contribution < 1.29 is 8.42 Å². The van der Waals surface area contributed by atoms with Crippen LogP contribution in [0.4, 0.5) is 0 Å². The molecular formula is C9H15ClN2O2S. The predicted molar refractivity (Wildman–Crippen MR) is 59.1 cm³/mol. The zero-order valence-electron chi connectivity index (χ0n) is 8.52. The molecule has 0 heterocycles. The monoisotopic (exact) mass is 250 g/mol. The first-order valence-electron chi connectivity index (χ1n) is 5.04. The van der Waals surface area contributed by atoms with Crippen molar-refractivity contribution in [2.24, 2.45) is 0 Å². The molecule has 6 heteroatoms. The van der Waals surface area contributed by atoms with E-state index in [1.54, 1.807) is 0 Å². The van der Waals surface area contributed by atoms with Crippen molar-refractivity contribution >= 4 is 21.6 Å². The Balaban J connectivity index is 2.57. The maximum Gasteiger partial charge on any atom is 0.214 e. The van der Waals surface area contributed by atoms with Gasteiger partial charge in [-0.3, -0.25) is 0 Å². The minimum absolute atomic E-state index is 0.0957. The second-order valence-electron chi connectivity index (χ2n) is 3.61. The molecule has 1 fully saturated rings. The summed E-state index contributed by atoms with van der Waals surface area (Å²) in [5.41, 5.74) is 0. The third kappa shape index (κ3) is 3.98. The van der Waals surface area contributed by atoms with Crippen LogP contribution in [0, 0.1) is 11.3 Å². The van der Waals surface area contributed by atoms with Crippen LogP contribution in [0.5, 0.6) is 0 Å². The van der Waals surface area contributed by atoms with E-state index in [9.17, 15) is 8.42 Å². The Morgan fingerprint density at radius 2 is 2.13 bits per heavy atom. The van der Waals surface area contributed by atoms with Gasteiger partial charge in [0.1, 0.15) is 0 Å². The van der Waals surface area contributed by atoms with Crippen molar-refractivity contribution in [2.45, 2.75) is 31.7 Å². The van der Waals surface area contributed by atoms with Crippen molar-refractivity contribution in [3.05, 3.63) is 0 Å². The van der Waals surface area contributed by atoms with Gasteiger partial charge in [0.15, 0.2) is 0 Å². The van der Waals surface area contributed by atoms with E-state index in [0.29, 0.717) is 18.8 Å². The van der Waals surface area contributed by atoms with Gasteiger partial charge in [0.25, 0.3) is 0 Å². The van der Waals surface area contributed by atoms with Gasteiger partial charge in [0.2, 0.25) is 10.0 Å². The number of rotatable bonds is 7. The van der Waals surface area contributed by atoms with Crippen LogP contribution in [0.1, 0.15) is 25.7 Å². The fraction of sp³-hybridized carbons (Fsp3) is 0.889. The molecular weight excluding hydrogens is 236 g/mol. The van der Waals surface area contributed by atoms with Gasteiger partial charge >= 0.3 is 0 Å². The lowest BCUT2D eigenvalue weighted by Gasteiger charge is -2.20. The summed E-state index contributed by atoms with van der Waals surface area (Å²) in [4.78, 5) is 0. The maximum atomic E-state index is 11.8. The summed E-state index contributed by atoms with van der Waals surface area (Å²) in [7, 11) is -3.20. The van der Waals surface area contributed by atoms with E-state index in [4.69, 9.17) is 16.9 Å². The van der Waals surface area contributed by atoms with Crippen molar-refractivity contribution in [3.8, 4) is 6.07 Å². The van der Waals surface area contributed by atoms with Crippen molar-refractivity contribution in [2.75, 3.05) is 18.2 Å². The third-order valence-electron chi connectivity index (χ3n) is 2.29. The van der Waals surface area contributed by atoms with E-state index in [-0.39, 0.29) is 18.2 Å². The zero-order chi connectivity index (χ0) is 11.3. The average molecular weight is 251 g/mol. The summed E-state index contributed by atoms with van der Waals surface area (Å²) in [5, 5.41) is 8.47. The molecule has 1 saturated carbocycles. The minimum Gasteiger partial charge on any atom is -0.212 e. The molecule has 0 atom stereocenters. The third-order valence-corrected chi connectivity index (χ3v) is 4.56. The average Bonchev–Trinajstić information content (AvgIpc) is 2.99. The van der Waals surface area contributed by atoms with Crippen LogP contribution in [-0.2, 0) is 10.0 Å². The Labute approximate surface area is 95.9 Å². The standard InChI is InChI=1S/C9H15ClN2O2S/c10-5-1-8-15(13,14)12(7-2-6-11)9-3-4-9/h9H,1-5,7-8H2. The van der Waals surface area contributed by atoms with Crippen LogP contribution >= 0.6 is 11.6 Å². The normalized spacial score (nSPS) is 16.6. The van der Waals surface area contributed by atoms with Gasteiger partial charge < -0.3 is 0 Å². The van der Waals surface area contributed by atoms with Gasteiger partial charge in [-0.2, -0.15) is 9.57 Å². The first kappa shape index (κ1) is 12.8. The minimum atomic E-state index is -3.20. The number of hydrogen-bond donors (Lipinski definition) is 0. The molecule has 15 heavy (non-hydrogen) atoms. The highest BCUT2D eigenvalue weighted by molar-refractivity contribution is 7.89. The van der Waals surface area contributed by atoms with Gasteiger partial charge in [-0.15, -0.1) is 11.6 Å². The number of nitriles is 1. The van der Waals surface area contributed by atoms with Crippen LogP contribution in [0.3, 0.4) is 0 Å². The zero-order valence-corrected chi connectivity index (χ0v) is 10.1. The van der Waals surface area contributed by atoms with E-state index >= 15 is 0 Å². The summed E-state index contributed by atoms with van der Waals surface area (Å²) < 4.78 is 25.1. The van der Waals surface area contributed by atoms with Crippen molar-refractivity contribution in [1.82, 2.24) is 4.31 Å². The smallest absolute Gasteiger partial charge is 0.212 e. The first-order chi connectivity index (χ1) is 7.11. The molecule has 1 aliphatic rings. The van der Waals surface area contributed by atoms with Crippen LogP contribution in [-0.4, -0.2) is 36.9 Å². The predicted octanol–water partition coefficient (Wildman–Crippen LogP) is 1.32. The summed E-state index contributed by atoms with van der Waals surface area (Å²) in [5.74, 6) is 0.453. The second kappa shape index (κ2) is 5.69. The Morgan fingerprint density at radius 1 is 1.47 bits per heavy atom. The van der Waals surface area contributed by atoms with E-state index in [2.05, 4.69) is 0 Å². The molecule has 86 valence electrons. The summed E-state index contributed by atoms with van der Waals surface area (Å²) in [6.07, 6.45) is 2.58. The molecule has 0 spiro atoms. The van der Waals surface area contributed by atoms with Crippen LogP contribution in [0.2, 0.25) is 0 Å². The van der Waals surface area contributed by atoms with Gasteiger partial charge in [-0.05, 0) is 19.3 Å². The fourth-order valence-electron chi connectivity index (χ4n) is 1.43. The van der Waals surface area contributed by atoms with Gasteiger partial charge in [0.05, 0.1) is 11.8 Å². The van der Waals surface area contributed by atoms with E-state index < -0.39 is 10.0 Å². The molecule has 0 N–H and O–H groups in total. The highest BCUT2D eigenvalue weighted by Crippen LogP contribution is 2.29. The molecule has 0 radical (unpaired) electrons. The number of nitrogens with zero attached hydrogens (tertiary/aromatic N) is 2. The molecule has 1 aliphatic carbocycles. The molecule has 0 saturated heterocycles. The highest BCUT2D eigenvalue weighted by atomic mass is 35.5. The van der Waals surface area contributed by atoms with Gasteiger partial charge in [0, 0.05) is 24.9 Å². The largest absolute Gasteiger partial charge is 0.214 e. The van der Waals surface area contributed by atoms with Crippen LogP contribution < -0.4 is 0 Å². The van der Waals surface area contributed by atoms with E-state index in [0.717, 1.165) is 12.8 Å². The van der Waals surface area contributed by atoms with Crippen LogP contribution in [0.15, 0.2) is 0 Å². The Hall–Kier alpha value is -0.310. The quantitative estimate of drug-likeness (QED) is 0.641. The van der Waals surface area contributed by atoms with Crippen molar-refractivity contribution in [1.29, 1.82) is 5.26 Å². The number of sulfonamides is 1. The Kier molecular flexibility index (Phi) is 4.84. The number of hydrogen-bond acceptors (Lipinski definition) is 3. The molecule has 0 aromatic rings. The maximum absolute atomic E-state index is 11.8. The molecule has 0 aromatic carbocycles. The first-order valence-corrected chi connectivity index (χ1v) is 7.18. The molecule has 0 unspecified atom stereocenters. The lowest BCUT2D eigenvalue weighted by Crippen LogP contribution is -2.35. The summed E-state index contributed by atoms with van der Waals surface area (Å²) >= 11 is 5.48. The SMILES string of the molecule is N#CCCN(C1CC1)S(=O)(=O)CCCCl. The molecule has 0 aliphatic heterocycles. The molecule has 4 nitrogen and oxygen atoms in total. The van der Waals surface area contributed by atoms with Crippen molar-refractivity contribution in [3.63, 3.8) is 0 Å². The number of alkyl halides is 1. The Bertz CT molecular complexity index is 333. The topological polar surface area (TPSA) is 61.2 Å². The fourth-order valence-corrected chi connectivity index (χ4v) is 3.50. The second-order valence-corrected chi connectivity index (χ2v) is 6.03. The molecule has 0 aromatic heterocycles. The van der Waals surface area contributed by atoms with E-state index in [1.807, 2.05) is 6.07 Å². The highest BCUT2D eigenvalue weighted by Gasteiger charge is 2.36. The molecule has 0 bridgehead atoms. The molecule has 1 rings (SSSR count). The lowest BCUT2D eigenvalue weighted by atomic mass is 10.4. The summed E-state index contributed by atoms with van der Waals surface area (Å²) in [6.45, 7) is 0.325. The van der Waals surface area contributed by atoms with Crippen LogP contribution in [0.25, 0.3) is 0 Å². The number of halogens is 1. The summed E-state index contributed by atoms with van der Waals surface area (Å²) in [6, 6.07) is 2.11. The Morgan fingerprint density at radius 3 is 2.60 bits per heavy atom. The van der Waals surface area contributed by atoms with E-state index in [1.165, 1.54) is 4.31 Å².